The fourth-order valence-electron chi connectivity index (χ4n) is 1.64. The maximum atomic E-state index is 11.9. The van der Waals surface area contributed by atoms with Crippen molar-refractivity contribution in [3.05, 3.63) is 71.8 Å². The summed E-state index contributed by atoms with van der Waals surface area (Å²) in [5.41, 5.74) is 1.08. The van der Waals surface area contributed by atoms with Crippen LogP contribution in [0.1, 0.15) is 15.9 Å². The molecule has 0 aromatic heterocycles. The zero-order valence-corrected chi connectivity index (χ0v) is 12.6. The van der Waals surface area contributed by atoms with E-state index in [2.05, 4.69) is 21.1 Å². The van der Waals surface area contributed by atoms with Crippen molar-refractivity contribution >= 4 is 33.4 Å². The van der Waals surface area contributed by atoms with Crippen LogP contribution in [0.4, 0.5) is 0 Å². The Kier molecular flexibility index (Phi) is 5.40. The zero-order chi connectivity index (χ0) is 15.1. The third-order valence-corrected chi connectivity index (χ3v) is 3.17. The van der Waals surface area contributed by atoms with Crippen molar-refractivity contribution in [2.24, 2.45) is 5.16 Å². The minimum absolute atomic E-state index is 0.101. The van der Waals surface area contributed by atoms with Crippen LogP contribution in [-0.4, -0.2) is 22.8 Å². The normalized spacial score (nSPS) is 11.0. The average molecular weight is 346 g/mol. The first-order chi connectivity index (χ1) is 10.2. The van der Waals surface area contributed by atoms with Gasteiger partial charge >= 0.3 is 5.97 Å². The molecule has 0 amide bonds. The van der Waals surface area contributed by atoms with Crippen LogP contribution in [0, 0.1) is 0 Å². The van der Waals surface area contributed by atoms with Gasteiger partial charge in [0.2, 0.25) is 0 Å². The third kappa shape index (κ3) is 4.10. The number of nitrogens with zero attached hydrogens (tertiary/aromatic N) is 1. The fraction of sp³-hybridized carbons (Fsp3) is 0.0625. The van der Waals surface area contributed by atoms with E-state index in [1.165, 1.54) is 0 Å². The Balaban J connectivity index is 2.22. The van der Waals surface area contributed by atoms with Gasteiger partial charge in [0.1, 0.15) is 0 Å². The molecule has 0 saturated heterocycles. The van der Waals surface area contributed by atoms with Crippen LogP contribution in [0.2, 0.25) is 0 Å². The van der Waals surface area contributed by atoms with Crippen molar-refractivity contribution in [2.75, 3.05) is 5.33 Å². The van der Waals surface area contributed by atoms with Gasteiger partial charge in [-0.3, -0.25) is 4.79 Å². The molecule has 0 spiro atoms. The van der Waals surface area contributed by atoms with Gasteiger partial charge in [-0.25, -0.2) is 4.79 Å². The summed E-state index contributed by atoms with van der Waals surface area (Å²) < 4.78 is 0. The average Bonchev–Trinajstić information content (AvgIpc) is 2.56. The van der Waals surface area contributed by atoms with Gasteiger partial charge in [-0.1, -0.05) is 69.6 Å². The molecule has 0 aliphatic heterocycles. The summed E-state index contributed by atoms with van der Waals surface area (Å²) in [6, 6.07) is 17.3. The zero-order valence-electron chi connectivity index (χ0n) is 11.0. The smallest absolute Gasteiger partial charge is 0.312 e. The third-order valence-electron chi connectivity index (χ3n) is 2.66. The predicted molar refractivity (Wildman–Crippen MR) is 83.6 cm³/mol. The topological polar surface area (TPSA) is 55.7 Å². The number of oxime groups is 1. The maximum absolute atomic E-state index is 11.9. The summed E-state index contributed by atoms with van der Waals surface area (Å²) in [5, 5.41) is 3.83. The van der Waals surface area contributed by atoms with Gasteiger partial charge in [-0.15, -0.1) is 0 Å². The van der Waals surface area contributed by atoms with Crippen molar-refractivity contribution in [3.63, 3.8) is 0 Å². The molecule has 0 unspecified atom stereocenters. The van der Waals surface area contributed by atoms with Crippen molar-refractivity contribution in [1.29, 1.82) is 0 Å². The second kappa shape index (κ2) is 7.50. The number of Topliss-reactive ketones (excluding diaryl/α,β-unsaturated/α-hetero) is 1. The number of hydrogen-bond donors (Lipinski definition) is 0. The van der Waals surface area contributed by atoms with Gasteiger partial charge in [-0.2, -0.15) is 0 Å². The molecule has 5 heteroatoms. The van der Waals surface area contributed by atoms with Crippen LogP contribution >= 0.6 is 15.9 Å². The van der Waals surface area contributed by atoms with Gasteiger partial charge in [0, 0.05) is 5.56 Å². The van der Waals surface area contributed by atoms with E-state index in [0.717, 1.165) is 0 Å². The molecule has 0 aliphatic rings. The Morgan fingerprint density at radius 1 is 0.905 bits per heavy atom. The van der Waals surface area contributed by atoms with E-state index < -0.39 is 5.97 Å². The molecule has 106 valence electrons. The highest BCUT2D eigenvalue weighted by Gasteiger charge is 2.15. The van der Waals surface area contributed by atoms with Gasteiger partial charge in [0.25, 0.3) is 0 Å². The van der Waals surface area contributed by atoms with Crippen molar-refractivity contribution in [1.82, 2.24) is 0 Å². The number of ketones is 1. The lowest BCUT2D eigenvalue weighted by atomic mass is 10.1. The molecule has 2 rings (SSSR count). The number of carbonyl (C=O) groups excluding carboxylic acids is 2. The number of benzene rings is 2. The van der Waals surface area contributed by atoms with Gasteiger partial charge in [0.05, 0.1) is 10.9 Å². The van der Waals surface area contributed by atoms with E-state index in [-0.39, 0.29) is 16.8 Å². The minimum Gasteiger partial charge on any atom is -0.312 e. The van der Waals surface area contributed by atoms with E-state index >= 15 is 0 Å². The van der Waals surface area contributed by atoms with Gasteiger partial charge in [0.15, 0.2) is 11.5 Å². The second-order valence-electron chi connectivity index (χ2n) is 4.11. The molecule has 0 aliphatic carbocycles. The first kappa shape index (κ1) is 15.1. The van der Waals surface area contributed by atoms with Crippen LogP contribution in [0.25, 0.3) is 0 Å². The second-order valence-corrected chi connectivity index (χ2v) is 4.67. The molecule has 0 N–H and O–H groups in total. The molecule has 21 heavy (non-hydrogen) atoms. The summed E-state index contributed by atoms with van der Waals surface area (Å²) in [7, 11) is 0. The maximum Gasteiger partial charge on any atom is 0.365 e. The largest absolute Gasteiger partial charge is 0.365 e. The summed E-state index contributed by atoms with van der Waals surface area (Å²) in [6.45, 7) is 0. The van der Waals surface area contributed by atoms with Crippen molar-refractivity contribution in [2.45, 2.75) is 0 Å². The molecular formula is C16H12BrNO3. The van der Waals surface area contributed by atoms with Crippen LogP contribution in [-0.2, 0) is 9.63 Å². The lowest BCUT2D eigenvalue weighted by molar-refractivity contribution is -0.110. The van der Waals surface area contributed by atoms with Crippen LogP contribution in [0.3, 0.4) is 0 Å². The van der Waals surface area contributed by atoms with E-state index in [1.807, 2.05) is 6.07 Å². The first-order valence-electron chi connectivity index (χ1n) is 6.21. The van der Waals surface area contributed by atoms with Gasteiger partial charge < -0.3 is 4.84 Å². The standard InChI is InChI=1S/C16H12BrNO3/c17-11-14(19)15(12-7-3-1-4-8-12)18-21-16(20)13-9-5-2-6-10-13/h1-10H,11H2. The van der Waals surface area contributed by atoms with Crippen LogP contribution in [0.15, 0.2) is 65.8 Å². The highest BCUT2D eigenvalue weighted by Crippen LogP contribution is 2.07. The Morgan fingerprint density at radius 3 is 1.95 bits per heavy atom. The van der Waals surface area contributed by atoms with Crippen LogP contribution in [0.5, 0.6) is 0 Å². The Labute approximate surface area is 130 Å². The minimum atomic E-state index is -0.605. The number of halogens is 1. The molecule has 0 bridgehead atoms. The molecule has 2 aromatic rings. The summed E-state index contributed by atoms with van der Waals surface area (Å²) in [5.74, 6) is -0.867. The first-order valence-corrected chi connectivity index (χ1v) is 7.33. The van der Waals surface area contributed by atoms with E-state index in [9.17, 15) is 9.59 Å². The van der Waals surface area contributed by atoms with E-state index in [4.69, 9.17) is 4.84 Å². The quantitative estimate of drug-likeness (QED) is 0.362. The molecule has 0 radical (unpaired) electrons. The molecule has 2 aromatic carbocycles. The molecular weight excluding hydrogens is 334 g/mol. The molecule has 0 saturated carbocycles. The summed E-state index contributed by atoms with van der Waals surface area (Å²) >= 11 is 3.09. The van der Waals surface area contributed by atoms with Crippen molar-refractivity contribution < 1.29 is 14.4 Å². The lowest BCUT2D eigenvalue weighted by Gasteiger charge is -2.03. The highest BCUT2D eigenvalue weighted by molar-refractivity contribution is 9.09. The lowest BCUT2D eigenvalue weighted by Crippen LogP contribution is -2.18. The Bertz CT molecular complexity index is 654. The molecule has 0 heterocycles. The monoisotopic (exact) mass is 345 g/mol. The van der Waals surface area contributed by atoms with Crippen molar-refractivity contribution in [3.8, 4) is 0 Å². The fourth-order valence-corrected chi connectivity index (χ4v) is 1.90. The van der Waals surface area contributed by atoms with Gasteiger partial charge in [-0.05, 0) is 12.1 Å². The highest BCUT2D eigenvalue weighted by atomic mass is 79.9. The number of carbonyl (C=O) groups is 2. The van der Waals surface area contributed by atoms with E-state index in [0.29, 0.717) is 11.1 Å². The molecule has 0 atom stereocenters. The molecule has 4 nitrogen and oxygen atoms in total. The summed E-state index contributed by atoms with van der Waals surface area (Å²) in [4.78, 5) is 28.6. The predicted octanol–water partition coefficient (Wildman–Crippen LogP) is 3.21. The SMILES string of the molecule is O=C(CBr)C(=NOC(=O)c1ccccc1)c1ccccc1. The number of hydrogen-bond acceptors (Lipinski definition) is 4. The Morgan fingerprint density at radius 2 is 1.43 bits per heavy atom. The summed E-state index contributed by atoms with van der Waals surface area (Å²) in [6.07, 6.45) is 0. The Hall–Kier alpha value is -2.27. The van der Waals surface area contributed by atoms with Crippen LogP contribution < -0.4 is 0 Å². The molecule has 0 fully saturated rings. The van der Waals surface area contributed by atoms with E-state index in [1.54, 1.807) is 54.6 Å². The number of alkyl halides is 1. The number of rotatable bonds is 5.